The quantitative estimate of drug-likeness (QED) is 0.387. The second-order valence-electron chi connectivity index (χ2n) is 6.53. The number of aromatic hydroxyl groups is 1. The number of aryl methyl sites for hydroxylation is 2. The molecule has 0 aliphatic heterocycles. The van der Waals surface area contributed by atoms with Crippen molar-refractivity contribution in [3.63, 3.8) is 0 Å². The summed E-state index contributed by atoms with van der Waals surface area (Å²) in [5.74, 6) is 0.379. The zero-order valence-corrected chi connectivity index (χ0v) is 20.3. The molecule has 3 rings (SSSR count). The average molecular weight is 468 g/mol. The maximum atomic E-state index is 10.2. The van der Waals surface area contributed by atoms with Crippen LogP contribution in [-0.2, 0) is 23.6 Å². The molecule has 0 bridgehead atoms. The van der Waals surface area contributed by atoms with Gasteiger partial charge in [-0.05, 0) is 43.2 Å². The third-order valence-corrected chi connectivity index (χ3v) is 5.91. The van der Waals surface area contributed by atoms with Crippen LogP contribution < -0.4 is 15.5 Å². The Balaban J connectivity index is 0.000000878. The van der Waals surface area contributed by atoms with Crippen LogP contribution in [-0.4, -0.2) is 12.2 Å². The van der Waals surface area contributed by atoms with E-state index in [1.54, 1.807) is 6.07 Å². The van der Waals surface area contributed by atoms with Gasteiger partial charge in [0.1, 0.15) is 5.75 Å². The molecule has 0 radical (unpaired) electrons. The molecule has 2 nitrogen and oxygen atoms in total. The van der Waals surface area contributed by atoms with Gasteiger partial charge in [0.05, 0.1) is 0 Å². The molecule has 0 aliphatic carbocycles. The fourth-order valence-electron chi connectivity index (χ4n) is 2.96. The summed E-state index contributed by atoms with van der Waals surface area (Å²) in [6, 6.07) is 22.8. The van der Waals surface area contributed by atoms with Crippen LogP contribution in [0, 0.1) is 13.8 Å². The Labute approximate surface area is 186 Å². The first-order valence-electron chi connectivity index (χ1n) is 8.83. The van der Waals surface area contributed by atoms with Crippen LogP contribution in [0.1, 0.15) is 16.7 Å². The fraction of sp³-hybridized carbons (Fsp3) is 0.182. The van der Waals surface area contributed by atoms with E-state index in [4.69, 9.17) is 18.6 Å². The predicted octanol–water partition coefficient (Wildman–Crippen LogP) is 5.65. The summed E-state index contributed by atoms with van der Waals surface area (Å²) in [5, 5.41) is 12.5. The van der Waals surface area contributed by atoms with Crippen molar-refractivity contribution in [2.45, 2.75) is 20.4 Å². The van der Waals surface area contributed by atoms with Crippen molar-refractivity contribution >= 4 is 43.5 Å². The summed E-state index contributed by atoms with van der Waals surface area (Å²) >= 11 is -0.556. The van der Waals surface area contributed by atoms with E-state index in [0.29, 0.717) is 14.3 Å². The number of phenols is 1. The Morgan fingerprint density at radius 2 is 1.64 bits per heavy atom. The second kappa shape index (κ2) is 11.9. The number of rotatable bonds is 5. The second-order valence-corrected chi connectivity index (χ2v) is 10.4. The topological polar surface area (TPSA) is 23.5 Å². The van der Waals surface area contributed by atoms with Crippen LogP contribution in [0.2, 0.25) is 0 Å². The molecule has 1 atom stereocenters. The van der Waals surface area contributed by atoms with Gasteiger partial charge in [-0.2, -0.15) is 0 Å². The van der Waals surface area contributed by atoms with Crippen LogP contribution in [0.25, 0.3) is 0 Å². The first kappa shape index (κ1) is 23.3. The molecule has 1 unspecified atom stereocenters. The normalized spacial score (nSPS) is 10.5. The molecule has 0 saturated heterocycles. The molecule has 0 aliphatic rings. The van der Waals surface area contributed by atoms with Gasteiger partial charge in [-0.25, -0.2) is 0 Å². The Morgan fingerprint density at radius 1 is 0.964 bits per heavy atom. The van der Waals surface area contributed by atoms with Gasteiger partial charge in [-0.15, -0.1) is 0 Å². The van der Waals surface area contributed by atoms with E-state index < -0.39 is 17.0 Å². The molecule has 0 aromatic heterocycles. The van der Waals surface area contributed by atoms with E-state index in [0.717, 1.165) is 11.8 Å². The van der Waals surface area contributed by atoms with Gasteiger partial charge in [-0.1, -0.05) is 62.7 Å². The molecule has 3 aromatic rings. The molecule has 28 heavy (non-hydrogen) atoms. The fourth-order valence-corrected chi connectivity index (χ4v) is 4.42. The number of hydrogen-bond acceptors (Lipinski definition) is 2. The summed E-state index contributed by atoms with van der Waals surface area (Å²) in [5.41, 5.74) is 4.95. The van der Waals surface area contributed by atoms with Gasteiger partial charge in [0.25, 0.3) is 0 Å². The Kier molecular flexibility index (Phi) is 9.85. The van der Waals surface area contributed by atoms with Gasteiger partial charge < -0.3 is 10.0 Å². The molecule has 0 spiro atoms. The molecule has 1 N–H and O–H groups in total. The molecule has 0 fully saturated rings. The van der Waals surface area contributed by atoms with Crippen molar-refractivity contribution in [3.8, 4) is 5.75 Å². The summed E-state index contributed by atoms with van der Waals surface area (Å²) in [7, 11) is 12.3. The van der Waals surface area contributed by atoms with Crippen molar-refractivity contribution in [2.75, 3.05) is 11.9 Å². The molecule has 0 heterocycles. The number of benzene rings is 3. The van der Waals surface area contributed by atoms with E-state index >= 15 is 0 Å². The van der Waals surface area contributed by atoms with Gasteiger partial charge in [0.2, 0.25) is 0 Å². The van der Waals surface area contributed by atoms with E-state index in [-0.39, 0.29) is 0 Å². The number of phenolic OH excluding ortho intramolecular Hbond substituents is 1. The maximum absolute atomic E-state index is 10.2. The SMILES string of the molecule is Cc1ccc(O)c(Pc2c(C)cccc2N(C)Cc2ccccc2)c1.[Cl][Ti][Cl]. The van der Waals surface area contributed by atoms with Gasteiger partial charge in [0.15, 0.2) is 0 Å². The minimum absolute atomic E-state index is 0.379. The van der Waals surface area contributed by atoms with Crippen molar-refractivity contribution in [2.24, 2.45) is 0 Å². The van der Waals surface area contributed by atoms with Crippen LogP contribution in [0.4, 0.5) is 5.69 Å². The van der Waals surface area contributed by atoms with Crippen molar-refractivity contribution in [1.82, 2.24) is 0 Å². The zero-order valence-electron chi connectivity index (χ0n) is 16.2. The standard InChI is InChI=1S/C22H24NOP.2ClH.Ti/c1-16-12-13-20(24)21(14-16)25-22-17(2)8-7-11-19(22)23(3)15-18-9-5-4-6-10-18;;;/h4-14,24-25H,15H2,1-3H3;2*1H;/q;;;+2/p-2. The van der Waals surface area contributed by atoms with Crippen LogP contribution >= 0.6 is 27.2 Å². The van der Waals surface area contributed by atoms with Crippen molar-refractivity contribution in [3.05, 3.63) is 83.4 Å². The van der Waals surface area contributed by atoms with Crippen LogP contribution in [0.15, 0.2) is 66.7 Å². The first-order chi connectivity index (χ1) is 13.5. The average Bonchev–Trinajstić information content (AvgIpc) is 2.67. The number of nitrogens with zero attached hydrogens (tertiary/aromatic N) is 1. The molecule has 3 aromatic carbocycles. The predicted molar refractivity (Wildman–Crippen MR) is 122 cm³/mol. The van der Waals surface area contributed by atoms with Gasteiger partial charge in [-0.3, -0.25) is 0 Å². The van der Waals surface area contributed by atoms with Crippen LogP contribution in [0.5, 0.6) is 5.75 Å². The van der Waals surface area contributed by atoms with Crippen LogP contribution in [0.3, 0.4) is 0 Å². The Morgan fingerprint density at radius 3 is 2.32 bits per heavy atom. The van der Waals surface area contributed by atoms with Gasteiger partial charge in [0, 0.05) is 29.9 Å². The minimum atomic E-state index is -0.556. The summed E-state index contributed by atoms with van der Waals surface area (Å²) in [6.07, 6.45) is 0. The summed E-state index contributed by atoms with van der Waals surface area (Å²) < 4.78 is 0. The van der Waals surface area contributed by atoms with Gasteiger partial charge >= 0.3 is 35.6 Å². The third kappa shape index (κ3) is 6.80. The zero-order chi connectivity index (χ0) is 20.5. The number of anilines is 1. The first-order valence-corrected chi connectivity index (χ1v) is 14.1. The molecular weight excluding hydrogens is 444 g/mol. The summed E-state index contributed by atoms with van der Waals surface area (Å²) in [6.45, 7) is 5.07. The number of halogens is 2. The molecule has 0 amide bonds. The molecule has 146 valence electrons. The van der Waals surface area contributed by atoms with E-state index in [2.05, 4.69) is 74.3 Å². The van der Waals surface area contributed by atoms with Crippen molar-refractivity contribution in [1.29, 1.82) is 0 Å². The molecular formula is C22H24Cl2NOPTi. The molecule has 0 saturated carbocycles. The summed E-state index contributed by atoms with van der Waals surface area (Å²) in [4.78, 5) is 2.29. The van der Waals surface area contributed by atoms with E-state index in [1.165, 1.54) is 27.7 Å². The Hall–Kier alpha value is -1.02. The Bertz CT molecular complexity index is 893. The third-order valence-electron chi connectivity index (χ3n) is 4.34. The van der Waals surface area contributed by atoms with E-state index in [1.807, 2.05) is 12.1 Å². The molecule has 6 heteroatoms. The monoisotopic (exact) mass is 467 g/mol. The number of hydrogen-bond donors (Lipinski definition) is 1. The van der Waals surface area contributed by atoms with Crippen molar-refractivity contribution < 1.29 is 22.1 Å². The van der Waals surface area contributed by atoms with E-state index in [9.17, 15) is 5.11 Å².